The lowest BCUT2D eigenvalue weighted by atomic mass is 9.90. The fourth-order valence-corrected chi connectivity index (χ4v) is 6.26. The Bertz CT molecular complexity index is 1310. The maximum absolute atomic E-state index is 13.1. The summed E-state index contributed by atoms with van der Waals surface area (Å²) >= 11 is 6.14. The molecule has 3 atom stereocenters. The van der Waals surface area contributed by atoms with E-state index in [-0.39, 0.29) is 24.2 Å². The minimum Gasteiger partial charge on any atom is -0.449 e. The van der Waals surface area contributed by atoms with Gasteiger partial charge >= 0.3 is 6.09 Å². The first kappa shape index (κ1) is 23.3. The molecule has 0 N–H and O–H groups in total. The first-order valence-electron chi connectivity index (χ1n) is 12.9. The maximum Gasteiger partial charge on any atom is 0.414 e. The van der Waals surface area contributed by atoms with Crippen molar-refractivity contribution in [3.63, 3.8) is 0 Å². The summed E-state index contributed by atoms with van der Waals surface area (Å²) in [6, 6.07) is 14.1. The molecule has 3 heterocycles. The predicted octanol–water partition coefficient (Wildman–Crippen LogP) is 7.16. The van der Waals surface area contributed by atoms with Crippen LogP contribution < -0.4 is 4.90 Å². The first-order chi connectivity index (χ1) is 17.5. The van der Waals surface area contributed by atoms with Crippen molar-refractivity contribution in [1.82, 2.24) is 9.55 Å². The summed E-state index contributed by atoms with van der Waals surface area (Å²) in [7, 11) is 0. The van der Waals surface area contributed by atoms with Crippen molar-refractivity contribution in [2.24, 2.45) is 5.16 Å². The van der Waals surface area contributed by atoms with Gasteiger partial charge in [-0.05, 0) is 68.7 Å². The van der Waals surface area contributed by atoms with Crippen molar-refractivity contribution < 1.29 is 14.4 Å². The predicted molar refractivity (Wildman–Crippen MR) is 141 cm³/mol. The van der Waals surface area contributed by atoms with Crippen molar-refractivity contribution in [3.8, 4) is 0 Å². The lowest BCUT2D eigenvalue weighted by molar-refractivity contribution is 0.0905. The summed E-state index contributed by atoms with van der Waals surface area (Å²) < 4.78 is 7.90. The van der Waals surface area contributed by atoms with Crippen LogP contribution in [0, 0.1) is 0 Å². The van der Waals surface area contributed by atoms with Crippen LogP contribution >= 0.6 is 11.6 Å². The van der Waals surface area contributed by atoms with Gasteiger partial charge in [-0.3, -0.25) is 4.90 Å². The third kappa shape index (κ3) is 4.03. The molecule has 6 rings (SSSR count). The third-order valence-corrected chi connectivity index (χ3v) is 8.10. The summed E-state index contributed by atoms with van der Waals surface area (Å²) in [4.78, 5) is 25.6. The first-order valence-corrected chi connectivity index (χ1v) is 13.3. The average Bonchev–Trinajstić information content (AvgIpc) is 3.43. The number of carbonyl (C=O) groups excluding carboxylic acids is 1. The van der Waals surface area contributed by atoms with E-state index < -0.39 is 0 Å². The second kappa shape index (κ2) is 9.43. The van der Waals surface area contributed by atoms with E-state index in [1.54, 1.807) is 17.0 Å². The monoisotopic (exact) mass is 506 g/mol. The van der Waals surface area contributed by atoms with Crippen LogP contribution in [0.15, 0.2) is 47.6 Å². The molecule has 7 nitrogen and oxygen atoms in total. The number of anilines is 1. The number of oxime groups is 1. The lowest BCUT2D eigenvalue weighted by Crippen LogP contribution is -2.42. The molecule has 2 unspecified atom stereocenters. The van der Waals surface area contributed by atoms with Crippen LogP contribution in [0.4, 0.5) is 10.5 Å². The average molecular weight is 507 g/mol. The second-order valence-corrected chi connectivity index (χ2v) is 10.6. The van der Waals surface area contributed by atoms with Crippen LogP contribution in [0.3, 0.4) is 0 Å². The fourth-order valence-electron chi connectivity index (χ4n) is 6.14. The minimum atomic E-state index is -0.347. The van der Waals surface area contributed by atoms with Gasteiger partial charge in [0.2, 0.25) is 0 Å². The lowest BCUT2D eigenvalue weighted by Gasteiger charge is -2.36. The van der Waals surface area contributed by atoms with Gasteiger partial charge in [-0.25, -0.2) is 9.78 Å². The molecule has 8 heteroatoms. The molecule has 0 spiro atoms. The van der Waals surface area contributed by atoms with Crippen LogP contribution in [0.1, 0.15) is 81.8 Å². The molecule has 1 saturated heterocycles. The molecule has 1 amide bonds. The summed E-state index contributed by atoms with van der Waals surface area (Å²) in [5, 5.41) is 4.84. The minimum absolute atomic E-state index is 0.00383. The zero-order chi connectivity index (χ0) is 24.8. The van der Waals surface area contributed by atoms with Crippen molar-refractivity contribution in [2.45, 2.75) is 76.5 Å². The molecule has 2 fully saturated rings. The quantitative estimate of drug-likeness (QED) is 0.376. The Morgan fingerprint density at radius 3 is 2.53 bits per heavy atom. The Labute approximate surface area is 216 Å². The molecular weight excluding hydrogens is 476 g/mol. The number of nitrogens with zero attached hydrogens (tertiary/aromatic N) is 4. The van der Waals surface area contributed by atoms with E-state index in [0.29, 0.717) is 24.1 Å². The standard InChI is InChI=1S/C28H31ClN4O3/c1-17-26(18(2)36-31-17)19-8-13-24-23(16-19)30-27(32(24)21-6-4-3-5-7-21)25-14-15-35-28(34)33(25)22-11-9-20(29)10-12-22/h8-13,16,18,21,25-26H,3-7,14-15H2,1-2H3/t18?,25-,26?/m0/s1. The van der Waals surface area contributed by atoms with Crippen LogP contribution in [-0.4, -0.2) is 34.1 Å². The summed E-state index contributed by atoms with van der Waals surface area (Å²) in [5.41, 5.74) is 4.98. The number of fused-ring (bicyclic) bond motifs is 1. The van der Waals surface area contributed by atoms with Gasteiger partial charge in [0.05, 0.1) is 29.3 Å². The van der Waals surface area contributed by atoms with Gasteiger partial charge in [-0.1, -0.05) is 42.1 Å². The number of hydrogen-bond acceptors (Lipinski definition) is 5. The number of benzene rings is 2. The Hall–Kier alpha value is -3.06. The Morgan fingerprint density at radius 1 is 1.03 bits per heavy atom. The molecule has 0 bridgehead atoms. The maximum atomic E-state index is 13.1. The van der Waals surface area contributed by atoms with Crippen LogP contribution in [0.5, 0.6) is 0 Å². The molecule has 0 radical (unpaired) electrons. The number of ether oxygens (including phenoxy) is 1. The molecule has 3 aromatic rings. The summed E-state index contributed by atoms with van der Waals surface area (Å²) in [6.07, 6.45) is 6.26. The highest BCUT2D eigenvalue weighted by molar-refractivity contribution is 6.30. The number of carbonyl (C=O) groups is 1. The van der Waals surface area contributed by atoms with Gasteiger partial charge in [0.1, 0.15) is 18.0 Å². The largest absolute Gasteiger partial charge is 0.449 e. The van der Waals surface area contributed by atoms with E-state index in [1.165, 1.54) is 19.3 Å². The number of amides is 1. The van der Waals surface area contributed by atoms with Crippen LogP contribution in [0.2, 0.25) is 5.02 Å². The highest BCUT2D eigenvalue weighted by Gasteiger charge is 2.37. The smallest absolute Gasteiger partial charge is 0.414 e. The molecule has 2 aromatic carbocycles. The van der Waals surface area contributed by atoms with Gasteiger partial charge < -0.3 is 14.1 Å². The zero-order valence-corrected chi connectivity index (χ0v) is 21.4. The number of halogens is 1. The number of imidazole rings is 1. The highest BCUT2D eigenvalue weighted by atomic mass is 35.5. The van der Waals surface area contributed by atoms with Gasteiger partial charge in [-0.15, -0.1) is 0 Å². The Balaban J connectivity index is 1.49. The van der Waals surface area contributed by atoms with Crippen molar-refractivity contribution in [2.75, 3.05) is 11.5 Å². The molecule has 1 aliphatic carbocycles. The van der Waals surface area contributed by atoms with Gasteiger partial charge in [-0.2, -0.15) is 0 Å². The molecule has 36 heavy (non-hydrogen) atoms. The van der Waals surface area contributed by atoms with E-state index >= 15 is 0 Å². The Kier molecular flexibility index (Phi) is 6.12. The molecule has 1 saturated carbocycles. The summed E-state index contributed by atoms with van der Waals surface area (Å²) in [5.74, 6) is 1.05. The van der Waals surface area contributed by atoms with E-state index in [2.05, 4.69) is 34.8 Å². The number of rotatable bonds is 4. The number of cyclic esters (lactones) is 1. The number of aromatic nitrogens is 2. The highest BCUT2D eigenvalue weighted by Crippen LogP contribution is 2.40. The zero-order valence-electron chi connectivity index (χ0n) is 20.7. The molecular formula is C28H31ClN4O3. The topological polar surface area (TPSA) is 69.0 Å². The molecule has 1 aromatic heterocycles. The normalized spacial score (nSPS) is 25.1. The number of hydrogen-bond donors (Lipinski definition) is 0. The van der Waals surface area contributed by atoms with Gasteiger partial charge in [0, 0.05) is 23.2 Å². The van der Waals surface area contributed by atoms with Crippen LogP contribution in [-0.2, 0) is 9.57 Å². The summed E-state index contributed by atoms with van der Waals surface area (Å²) in [6.45, 7) is 4.44. The van der Waals surface area contributed by atoms with Crippen molar-refractivity contribution in [3.05, 3.63) is 58.9 Å². The van der Waals surface area contributed by atoms with E-state index in [1.807, 2.05) is 19.1 Å². The molecule has 3 aliphatic rings. The van der Waals surface area contributed by atoms with E-state index in [9.17, 15) is 4.79 Å². The van der Waals surface area contributed by atoms with Gasteiger partial charge in [0.25, 0.3) is 0 Å². The Morgan fingerprint density at radius 2 is 1.81 bits per heavy atom. The van der Waals surface area contributed by atoms with Crippen molar-refractivity contribution >= 4 is 40.1 Å². The molecule has 188 valence electrons. The van der Waals surface area contributed by atoms with Crippen molar-refractivity contribution in [1.29, 1.82) is 0 Å². The van der Waals surface area contributed by atoms with Gasteiger partial charge in [0.15, 0.2) is 0 Å². The van der Waals surface area contributed by atoms with Crippen LogP contribution in [0.25, 0.3) is 11.0 Å². The second-order valence-electron chi connectivity index (χ2n) is 10.2. The SMILES string of the molecule is CC1=NOC(C)C1c1ccc2c(c1)nc([C@@H]1CCOC(=O)N1c1ccc(Cl)cc1)n2C1CCCCC1. The van der Waals surface area contributed by atoms with E-state index in [4.69, 9.17) is 26.2 Å². The molecule has 2 aliphatic heterocycles. The fraction of sp³-hybridized carbons (Fsp3) is 0.464. The third-order valence-electron chi connectivity index (χ3n) is 7.85. The van der Waals surface area contributed by atoms with E-state index in [0.717, 1.165) is 46.7 Å².